The summed E-state index contributed by atoms with van der Waals surface area (Å²) in [5.41, 5.74) is 1.75. The minimum Gasteiger partial charge on any atom is -0.435 e. The molecule has 1 amide bonds. The van der Waals surface area contributed by atoms with Crippen LogP contribution < -0.4 is 10.1 Å². The van der Waals surface area contributed by atoms with Crippen LogP contribution in [-0.2, 0) is 0 Å². The molecule has 25 heavy (non-hydrogen) atoms. The predicted molar refractivity (Wildman–Crippen MR) is 92.3 cm³/mol. The predicted octanol–water partition coefficient (Wildman–Crippen LogP) is 4.49. The number of halogens is 3. The summed E-state index contributed by atoms with van der Waals surface area (Å²) in [6.45, 7) is -2.88. The number of hydrogen-bond acceptors (Lipinski definition) is 3. The summed E-state index contributed by atoms with van der Waals surface area (Å²) in [5, 5.41) is 6.85. The lowest BCUT2D eigenvalue weighted by Crippen LogP contribution is -2.12. The SMILES string of the molecule is O=C(Nc1ccc(OC(F)F)cc1)c1ccc(-n2cc(Br)cn2)cc1. The Balaban J connectivity index is 1.66. The lowest BCUT2D eigenvalue weighted by Gasteiger charge is -2.08. The number of benzene rings is 2. The van der Waals surface area contributed by atoms with Crippen LogP contribution in [0.3, 0.4) is 0 Å². The molecular formula is C17H12BrF2N3O2. The Morgan fingerprint density at radius 3 is 2.36 bits per heavy atom. The highest BCUT2D eigenvalue weighted by Gasteiger charge is 2.08. The number of nitrogens with zero attached hydrogens (tertiary/aromatic N) is 2. The first-order valence-corrected chi connectivity index (χ1v) is 7.97. The van der Waals surface area contributed by atoms with E-state index in [4.69, 9.17) is 0 Å². The smallest absolute Gasteiger partial charge is 0.387 e. The molecule has 1 N–H and O–H groups in total. The molecule has 0 atom stereocenters. The van der Waals surface area contributed by atoms with E-state index in [9.17, 15) is 13.6 Å². The van der Waals surface area contributed by atoms with Crippen LogP contribution in [0.25, 0.3) is 5.69 Å². The van der Waals surface area contributed by atoms with Gasteiger partial charge >= 0.3 is 6.61 Å². The number of alkyl halides is 2. The van der Waals surface area contributed by atoms with Crippen molar-refractivity contribution < 1.29 is 18.3 Å². The van der Waals surface area contributed by atoms with Crippen LogP contribution in [-0.4, -0.2) is 22.3 Å². The van der Waals surface area contributed by atoms with Gasteiger partial charge in [-0.15, -0.1) is 0 Å². The van der Waals surface area contributed by atoms with E-state index in [1.165, 1.54) is 24.3 Å². The van der Waals surface area contributed by atoms with Gasteiger partial charge in [0.25, 0.3) is 5.91 Å². The Morgan fingerprint density at radius 1 is 1.12 bits per heavy atom. The maximum Gasteiger partial charge on any atom is 0.387 e. The number of nitrogens with one attached hydrogen (secondary N) is 1. The molecule has 0 radical (unpaired) electrons. The van der Waals surface area contributed by atoms with Gasteiger partial charge < -0.3 is 10.1 Å². The van der Waals surface area contributed by atoms with Crippen LogP contribution in [0, 0.1) is 0 Å². The van der Waals surface area contributed by atoms with Crippen molar-refractivity contribution in [1.82, 2.24) is 9.78 Å². The summed E-state index contributed by atoms with van der Waals surface area (Å²) in [6, 6.07) is 12.6. The first-order valence-electron chi connectivity index (χ1n) is 7.18. The maximum atomic E-state index is 12.2. The van der Waals surface area contributed by atoms with Crippen molar-refractivity contribution >= 4 is 27.5 Å². The highest BCUT2D eigenvalue weighted by Crippen LogP contribution is 2.19. The third-order valence-corrected chi connectivity index (χ3v) is 3.69. The van der Waals surface area contributed by atoms with Gasteiger partial charge in [0.1, 0.15) is 5.75 Å². The summed E-state index contributed by atoms with van der Waals surface area (Å²) in [5.74, 6) is -0.279. The Bertz CT molecular complexity index is 864. The number of carbonyl (C=O) groups is 1. The monoisotopic (exact) mass is 407 g/mol. The topological polar surface area (TPSA) is 56.1 Å². The maximum absolute atomic E-state index is 12.2. The zero-order chi connectivity index (χ0) is 17.8. The summed E-state index contributed by atoms with van der Waals surface area (Å²) in [7, 11) is 0. The summed E-state index contributed by atoms with van der Waals surface area (Å²) < 4.78 is 31.0. The minimum atomic E-state index is -2.88. The number of anilines is 1. The summed E-state index contributed by atoms with van der Waals surface area (Å²) >= 11 is 3.32. The van der Waals surface area contributed by atoms with Crippen LogP contribution in [0.5, 0.6) is 5.75 Å². The van der Waals surface area contributed by atoms with E-state index in [1.54, 1.807) is 41.3 Å². The second-order valence-electron chi connectivity index (χ2n) is 5.01. The Kier molecular flexibility index (Phi) is 5.08. The molecule has 0 bridgehead atoms. The van der Waals surface area contributed by atoms with Gasteiger partial charge in [-0.05, 0) is 64.5 Å². The molecule has 3 rings (SSSR count). The average Bonchev–Trinajstić information content (AvgIpc) is 3.03. The second kappa shape index (κ2) is 7.43. The zero-order valence-corrected chi connectivity index (χ0v) is 14.3. The van der Waals surface area contributed by atoms with Crippen LogP contribution in [0.1, 0.15) is 10.4 Å². The van der Waals surface area contributed by atoms with Crippen molar-refractivity contribution in [3.05, 3.63) is 71.0 Å². The highest BCUT2D eigenvalue weighted by atomic mass is 79.9. The fourth-order valence-corrected chi connectivity index (χ4v) is 2.42. The fourth-order valence-electron chi connectivity index (χ4n) is 2.13. The van der Waals surface area contributed by atoms with Crippen molar-refractivity contribution in [2.24, 2.45) is 0 Å². The zero-order valence-electron chi connectivity index (χ0n) is 12.7. The number of aromatic nitrogens is 2. The number of rotatable bonds is 5. The van der Waals surface area contributed by atoms with Gasteiger partial charge in [-0.2, -0.15) is 13.9 Å². The van der Waals surface area contributed by atoms with Crippen LogP contribution in [0.15, 0.2) is 65.4 Å². The van der Waals surface area contributed by atoms with Crippen LogP contribution in [0.4, 0.5) is 14.5 Å². The van der Waals surface area contributed by atoms with Crippen LogP contribution >= 0.6 is 15.9 Å². The molecule has 3 aromatic rings. The normalized spacial score (nSPS) is 10.7. The number of hydrogen-bond donors (Lipinski definition) is 1. The molecule has 1 heterocycles. The molecule has 0 fully saturated rings. The first-order chi connectivity index (χ1) is 12.0. The van der Waals surface area contributed by atoms with Crippen molar-refractivity contribution in [3.8, 4) is 11.4 Å². The van der Waals surface area contributed by atoms with E-state index in [-0.39, 0.29) is 11.7 Å². The van der Waals surface area contributed by atoms with E-state index in [0.717, 1.165) is 10.2 Å². The van der Waals surface area contributed by atoms with Gasteiger partial charge in [0.2, 0.25) is 0 Å². The average molecular weight is 408 g/mol. The molecule has 0 unspecified atom stereocenters. The standard InChI is InChI=1S/C17H12BrF2N3O2/c18-12-9-21-23(10-12)14-5-1-11(2-6-14)16(24)22-13-3-7-15(8-4-13)25-17(19)20/h1-10,17H,(H,22,24). The van der Waals surface area contributed by atoms with E-state index in [0.29, 0.717) is 11.3 Å². The molecule has 1 aromatic heterocycles. The fraction of sp³-hybridized carbons (Fsp3) is 0.0588. The van der Waals surface area contributed by atoms with Gasteiger partial charge in [0.05, 0.1) is 16.4 Å². The van der Waals surface area contributed by atoms with Gasteiger partial charge in [-0.1, -0.05) is 0 Å². The van der Waals surface area contributed by atoms with Crippen LogP contribution in [0.2, 0.25) is 0 Å². The van der Waals surface area contributed by atoms with E-state index in [1.807, 2.05) is 0 Å². The van der Waals surface area contributed by atoms with Gasteiger partial charge in [-0.25, -0.2) is 4.68 Å². The molecule has 128 valence electrons. The van der Waals surface area contributed by atoms with E-state index in [2.05, 4.69) is 31.1 Å². The van der Waals surface area contributed by atoms with Crippen molar-refractivity contribution in [2.45, 2.75) is 6.61 Å². The van der Waals surface area contributed by atoms with Crippen molar-refractivity contribution in [1.29, 1.82) is 0 Å². The molecule has 0 aliphatic carbocycles. The Labute approximate surface area is 150 Å². The molecule has 5 nitrogen and oxygen atoms in total. The molecule has 0 saturated heterocycles. The highest BCUT2D eigenvalue weighted by molar-refractivity contribution is 9.10. The summed E-state index contributed by atoms with van der Waals surface area (Å²) in [4.78, 5) is 12.2. The lowest BCUT2D eigenvalue weighted by molar-refractivity contribution is -0.0498. The third-order valence-electron chi connectivity index (χ3n) is 3.28. The molecular weight excluding hydrogens is 396 g/mol. The third kappa shape index (κ3) is 4.42. The van der Waals surface area contributed by atoms with Crippen molar-refractivity contribution in [2.75, 3.05) is 5.32 Å². The van der Waals surface area contributed by atoms with Gasteiger partial charge in [0, 0.05) is 17.4 Å². The number of carbonyl (C=O) groups excluding carboxylic acids is 1. The lowest BCUT2D eigenvalue weighted by atomic mass is 10.2. The van der Waals surface area contributed by atoms with Gasteiger partial charge in [-0.3, -0.25) is 4.79 Å². The molecule has 0 saturated carbocycles. The van der Waals surface area contributed by atoms with E-state index >= 15 is 0 Å². The molecule has 2 aromatic carbocycles. The number of amides is 1. The summed E-state index contributed by atoms with van der Waals surface area (Å²) in [6.07, 6.45) is 3.47. The number of ether oxygens (including phenoxy) is 1. The second-order valence-corrected chi connectivity index (χ2v) is 5.92. The molecule has 0 aliphatic rings. The quantitative estimate of drug-likeness (QED) is 0.677. The Morgan fingerprint density at radius 2 is 1.80 bits per heavy atom. The molecule has 0 spiro atoms. The first kappa shape index (κ1) is 17.1. The largest absolute Gasteiger partial charge is 0.435 e. The molecule has 0 aliphatic heterocycles. The molecule has 8 heteroatoms. The van der Waals surface area contributed by atoms with Crippen molar-refractivity contribution in [3.63, 3.8) is 0 Å². The minimum absolute atomic E-state index is 0.0303. The Hall–Kier alpha value is -2.74. The van der Waals surface area contributed by atoms with Gasteiger partial charge in [0.15, 0.2) is 0 Å². The van der Waals surface area contributed by atoms with E-state index < -0.39 is 6.61 Å².